The molecule has 0 spiro atoms. The summed E-state index contributed by atoms with van der Waals surface area (Å²) >= 11 is 0. The summed E-state index contributed by atoms with van der Waals surface area (Å²) in [6, 6.07) is 3.65. The van der Waals surface area contributed by atoms with Crippen molar-refractivity contribution in [2.75, 3.05) is 7.11 Å². The van der Waals surface area contributed by atoms with Gasteiger partial charge in [0.15, 0.2) is 0 Å². The van der Waals surface area contributed by atoms with Crippen LogP contribution >= 0.6 is 0 Å². The monoisotopic (exact) mass is 234 g/mol. The van der Waals surface area contributed by atoms with Crippen molar-refractivity contribution in [1.82, 2.24) is 10.3 Å². The number of pyridine rings is 1. The number of amides is 1. The molecule has 1 aromatic heterocycles. The van der Waals surface area contributed by atoms with Gasteiger partial charge in [-0.3, -0.25) is 4.79 Å². The molecule has 0 aromatic carbocycles. The van der Waals surface area contributed by atoms with Gasteiger partial charge in [0.1, 0.15) is 0 Å². The fraction of sp³-hybridized carbons (Fsp3) is 0.385. The molecule has 0 saturated carbocycles. The molecule has 0 aliphatic rings. The van der Waals surface area contributed by atoms with Crippen LogP contribution in [0.1, 0.15) is 25.8 Å². The lowest BCUT2D eigenvalue weighted by atomic mass is 10.2. The molecule has 1 rings (SSSR count). The zero-order chi connectivity index (χ0) is 12.7. The Morgan fingerprint density at radius 2 is 2.35 bits per heavy atom. The van der Waals surface area contributed by atoms with Crippen LogP contribution in [-0.4, -0.2) is 18.0 Å². The van der Waals surface area contributed by atoms with Gasteiger partial charge in [0.25, 0.3) is 0 Å². The number of carbonyl (C=O) groups is 1. The van der Waals surface area contributed by atoms with Crippen molar-refractivity contribution in [3.63, 3.8) is 0 Å². The SMILES string of the molecule is CC/C=C(/C)C(=O)NCc1ccnc(OC)c1. The van der Waals surface area contributed by atoms with Crippen LogP contribution in [0.25, 0.3) is 0 Å². The second-order valence-corrected chi connectivity index (χ2v) is 3.68. The normalized spacial score (nSPS) is 11.1. The van der Waals surface area contributed by atoms with Crippen molar-refractivity contribution in [1.29, 1.82) is 0 Å². The first-order chi connectivity index (χ1) is 8.17. The smallest absolute Gasteiger partial charge is 0.246 e. The van der Waals surface area contributed by atoms with Crippen molar-refractivity contribution in [2.45, 2.75) is 26.8 Å². The third-order valence-electron chi connectivity index (χ3n) is 2.33. The number of nitrogens with one attached hydrogen (secondary N) is 1. The molecule has 0 unspecified atom stereocenters. The zero-order valence-electron chi connectivity index (χ0n) is 10.5. The molecule has 0 radical (unpaired) electrons. The first-order valence-corrected chi connectivity index (χ1v) is 5.61. The molecular formula is C13H18N2O2. The van der Waals surface area contributed by atoms with Crippen molar-refractivity contribution in [3.05, 3.63) is 35.5 Å². The van der Waals surface area contributed by atoms with Crippen molar-refractivity contribution >= 4 is 5.91 Å². The lowest BCUT2D eigenvalue weighted by molar-refractivity contribution is -0.117. The molecule has 1 amide bonds. The lowest BCUT2D eigenvalue weighted by Crippen LogP contribution is -2.23. The van der Waals surface area contributed by atoms with E-state index in [4.69, 9.17) is 4.74 Å². The van der Waals surface area contributed by atoms with Crippen LogP contribution < -0.4 is 10.1 Å². The van der Waals surface area contributed by atoms with E-state index >= 15 is 0 Å². The molecule has 1 aromatic rings. The predicted octanol–water partition coefficient (Wildman–Crippen LogP) is 2.06. The molecule has 0 saturated heterocycles. The number of hydrogen-bond acceptors (Lipinski definition) is 3. The zero-order valence-corrected chi connectivity index (χ0v) is 10.5. The second kappa shape index (κ2) is 6.68. The third-order valence-corrected chi connectivity index (χ3v) is 2.33. The van der Waals surface area contributed by atoms with Crippen LogP contribution in [0.2, 0.25) is 0 Å². The summed E-state index contributed by atoms with van der Waals surface area (Å²) in [6.45, 7) is 4.29. The molecule has 0 atom stereocenters. The highest BCUT2D eigenvalue weighted by atomic mass is 16.5. The summed E-state index contributed by atoms with van der Waals surface area (Å²) in [5, 5.41) is 2.84. The van der Waals surface area contributed by atoms with Gasteiger partial charge in [0, 0.05) is 24.4 Å². The number of nitrogens with zero attached hydrogens (tertiary/aromatic N) is 1. The molecule has 0 aliphatic carbocycles. The van der Waals surface area contributed by atoms with Gasteiger partial charge in [-0.1, -0.05) is 13.0 Å². The summed E-state index contributed by atoms with van der Waals surface area (Å²) in [5.41, 5.74) is 1.71. The topological polar surface area (TPSA) is 51.2 Å². The Bertz CT molecular complexity index is 414. The van der Waals surface area contributed by atoms with Crippen molar-refractivity contribution in [2.24, 2.45) is 0 Å². The highest BCUT2D eigenvalue weighted by molar-refractivity contribution is 5.92. The standard InChI is InChI=1S/C13H18N2O2/c1-4-5-10(2)13(16)15-9-11-6-7-14-12(8-11)17-3/h5-8H,4,9H2,1-3H3,(H,15,16)/b10-5-. The molecule has 0 bridgehead atoms. The predicted molar refractivity (Wildman–Crippen MR) is 66.7 cm³/mol. The van der Waals surface area contributed by atoms with Gasteiger partial charge >= 0.3 is 0 Å². The Labute approximate surface area is 102 Å². The van der Waals surface area contributed by atoms with Crippen LogP contribution in [0.5, 0.6) is 5.88 Å². The molecule has 92 valence electrons. The highest BCUT2D eigenvalue weighted by Gasteiger charge is 2.03. The van der Waals surface area contributed by atoms with E-state index in [0.29, 0.717) is 12.4 Å². The van der Waals surface area contributed by atoms with Gasteiger partial charge in [-0.05, 0) is 25.0 Å². The summed E-state index contributed by atoms with van der Waals surface area (Å²) < 4.78 is 5.01. The van der Waals surface area contributed by atoms with E-state index in [-0.39, 0.29) is 5.91 Å². The number of hydrogen-bond donors (Lipinski definition) is 1. The van der Waals surface area contributed by atoms with Gasteiger partial charge in [-0.2, -0.15) is 0 Å². The quantitative estimate of drug-likeness (QED) is 0.793. The third kappa shape index (κ3) is 4.26. The van der Waals surface area contributed by atoms with E-state index in [9.17, 15) is 4.79 Å². The summed E-state index contributed by atoms with van der Waals surface area (Å²) in [5.74, 6) is 0.514. The van der Waals surface area contributed by atoms with Crippen LogP contribution in [0.15, 0.2) is 30.0 Å². The molecule has 1 heterocycles. The molecule has 4 nitrogen and oxygen atoms in total. The maximum Gasteiger partial charge on any atom is 0.246 e. The van der Waals surface area contributed by atoms with Gasteiger partial charge in [0.05, 0.1) is 7.11 Å². The number of allylic oxidation sites excluding steroid dienone is 1. The minimum atomic E-state index is -0.0392. The Morgan fingerprint density at radius 3 is 3.00 bits per heavy atom. The largest absolute Gasteiger partial charge is 0.481 e. The lowest BCUT2D eigenvalue weighted by Gasteiger charge is -2.06. The Kier molecular flexibility index (Phi) is 5.20. The maximum absolute atomic E-state index is 11.6. The molecule has 17 heavy (non-hydrogen) atoms. The van der Waals surface area contributed by atoms with E-state index in [1.165, 1.54) is 0 Å². The molecule has 1 N–H and O–H groups in total. The number of methoxy groups -OCH3 is 1. The van der Waals surface area contributed by atoms with E-state index < -0.39 is 0 Å². The highest BCUT2D eigenvalue weighted by Crippen LogP contribution is 2.08. The fourth-order valence-corrected chi connectivity index (χ4v) is 1.39. The minimum absolute atomic E-state index is 0.0392. The Hall–Kier alpha value is -1.84. The summed E-state index contributed by atoms with van der Waals surface area (Å²) in [7, 11) is 1.57. The molecular weight excluding hydrogens is 216 g/mol. The van der Waals surface area contributed by atoms with E-state index in [0.717, 1.165) is 17.6 Å². The number of rotatable bonds is 5. The van der Waals surface area contributed by atoms with E-state index in [1.807, 2.05) is 26.0 Å². The maximum atomic E-state index is 11.6. The van der Waals surface area contributed by atoms with Crippen LogP contribution in [0, 0.1) is 0 Å². The van der Waals surface area contributed by atoms with Gasteiger partial charge < -0.3 is 10.1 Å². The van der Waals surface area contributed by atoms with E-state index in [1.54, 1.807) is 19.4 Å². The average Bonchev–Trinajstić information content (AvgIpc) is 2.36. The molecule has 4 heteroatoms. The van der Waals surface area contributed by atoms with Crippen molar-refractivity contribution in [3.8, 4) is 5.88 Å². The molecule has 0 fully saturated rings. The van der Waals surface area contributed by atoms with Gasteiger partial charge in [0.2, 0.25) is 11.8 Å². The van der Waals surface area contributed by atoms with E-state index in [2.05, 4.69) is 10.3 Å². The molecule has 0 aliphatic heterocycles. The number of carbonyl (C=O) groups excluding carboxylic acids is 1. The van der Waals surface area contributed by atoms with Crippen LogP contribution in [0.3, 0.4) is 0 Å². The Morgan fingerprint density at radius 1 is 1.59 bits per heavy atom. The van der Waals surface area contributed by atoms with Crippen LogP contribution in [0.4, 0.5) is 0 Å². The van der Waals surface area contributed by atoms with Gasteiger partial charge in [-0.15, -0.1) is 0 Å². The fourth-order valence-electron chi connectivity index (χ4n) is 1.39. The average molecular weight is 234 g/mol. The summed E-state index contributed by atoms with van der Waals surface area (Å²) in [4.78, 5) is 15.6. The second-order valence-electron chi connectivity index (χ2n) is 3.68. The first-order valence-electron chi connectivity index (χ1n) is 5.61. The number of aromatic nitrogens is 1. The Balaban J connectivity index is 2.55. The van der Waals surface area contributed by atoms with Crippen molar-refractivity contribution < 1.29 is 9.53 Å². The van der Waals surface area contributed by atoms with Gasteiger partial charge in [-0.25, -0.2) is 4.98 Å². The minimum Gasteiger partial charge on any atom is -0.481 e. The van der Waals surface area contributed by atoms with Crippen LogP contribution in [-0.2, 0) is 11.3 Å². The first kappa shape index (κ1) is 13.2. The summed E-state index contributed by atoms with van der Waals surface area (Å²) in [6.07, 6.45) is 4.43. The number of ether oxygens (including phenoxy) is 1.